The van der Waals surface area contributed by atoms with Crippen LogP contribution in [0.15, 0.2) is 53.0 Å². The molecule has 1 N–H and O–H groups in total. The Balaban J connectivity index is 1.95. The van der Waals surface area contributed by atoms with E-state index in [1.807, 2.05) is 43.3 Å². The van der Waals surface area contributed by atoms with E-state index < -0.39 is 0 Å². The van der Waals surface area contributed by atoms with E-state index in [9.17, 15) is 4.39 Å². The highest BCUT2D eigenvalue weighted by Gasteiger charge is 2.08. The molecule has 0 amide bonds. The van der Waals surface area contributed by atoms with E-state index in [1.165, 1.54) is 6.07 Å². The van der Waals surface area contributed by atoms with Crippen LogP contribution in [-0.2, 0) is 6.54 Å². The van der Waals surface area contributed by atoms with Crippen LogP contribution in [0.4, 0.5) is 10.1 Å². The molecule has 0 saturated carbocycles. The van der Waals surface area contributed by atoms with Crippen LogP contribution >= 0.6 is 15.9 Å². The first-order chi connectivity index (χ1) is 10.1. The van der Waals surface area contributed by atoms with Gasteiger partial charge in [0.2, 0.25) is 0 Å². The second-order valence-electron chi connectivity index (χ2n) is 4.89. The van der Waals surface area contributed by atoms with Crippen molar-refractivity contribution in [3.8, 4) is 0 Å². The number of benzene rings is 2. The summed E-state index contributed by atoms with van der Waals surface area (Å²) in [7, 11) is 0. The van der Waals surface area contributed by atoms with Gasteiger partial charge >= 0.3 is 0 Å². The van der Waals surface area contributed by atoms with Crippen LogP contribution in [0.25, 0.3) is 10.9 Å². The van der Waals surface area contributed by atoms with Crippen molar-refractivity contribution in [2.45, 2.75) is 13.5 Å². The fraction of sp³-hybridized carbons (Fsp3) is 0.118. The first kappa shape index (κ1) is 14.0. The van der Waals surface area contributed by atoms with Crippen molar-refractivity contribution in [1.82, 2.24) is 4.98 Å². The Kier molecular flexibility index (Phi) is 3.88. The Morgan fingerprint density at radius 3 is 2.76 bits per heavy atom. The number of fused-ring (bicyclic) bond motifs is 1. The maximum atomic E-state index is 13.8. The minimum Gasteiger partial charge on any atom is -0.378 e. The van der Waals surface area contributed by atoms with Gasteiger partial charge in [-0.1, -0.05) is 24.3 Å². The lowest BCUT2D eigenvalue weighted by Gasteiger charge is -2.12. The van der Waals surface area contributed by atoms with Gasteiger partial charge in [-0.25, -0.2) is 4.39 Å². The normalized spacial score (nSPS) is 10.8. The molecule has 0 bridgehead atoms. The van der Waals surface area contributed by atoms with Gasteiger partial charge in [0.15, 0.2) is 0 Å². The van der Waals surface area contributed by atoms with Crippen LogP contribution < -0.4 is 5.32 Å². The van der Waals surface area contributed by atoms with E-state index in [1.54, 1.807) is 6.07 Å². The number of nitrogens with one attached hydrogen (secondary N) is 1. The van der Waals surface area contributed by atoms with Crippen LogP contribution in [0.1, 0.15) is 11.3 Å². The summed E-state index contributed by atoms with van der Waals surface area (Å²) < 4.78 is 14.6. The van der Waals surface area contributed by atoms with Crippen molar-refractivity contribution in [3.05, 3.63) is 70.1 Å². The molecule has 0 radical (unpaired) electrons. The highest BCUT2D eigenvalue weighted by molar-refractivity contribution is 9.10. The number of aromatic nitrogens is 1. The molecule has 3 aromatic rings. The van der Waals surface area contributed by atoms with Gasteiger partial charge in [-0.2, -0.15) is 0 Å². The van der Waals surface area contributed by atoms with Crippen LogP contribution in [0.2, 0.25) is 0 Å². The van der Waals surface area contributed by atoms with Gasteiger partial charge in [0.25, 0.3) is 0 Å². The minimum absolute atomic E-state index is 0.264. The average molecular weight is 345 g/mol. The summed E-state index contributed by atoms with van der Waals surface area (Å²) in [5.41, 5.74) is 3.50. The number of hydrogen-bond donors (Lipinski definition) is 1. The Morgan fingerprint density at radius 2 is 1.95 bits per heavy atom. The largest absolute Gasteiger partial charge is 0.378 e. The van der Waals surface area contributed by atoms with E-state index in [0.717, 1.165) is 26.6 Å². The maximum Gasteiger partial charge on any atom is 0.147 e. The highest BCUT2D eigenvalue weighted by atomic mass is 79.9. The number of aryl methyl sites for hydroxylation is 1. The molecule has 0 unspecified atom stereocenters. The zero-order chi connectivity index (χ0) is 14.8. The third-order valence-electron chi connectivity index (χ3n) is 3.35. The number of pyridine rings is 1. The van der Waals surface area contributed by atoms with Gasteiger partial charge in [0.05, 0.1) is 11.2 Å². The predicted octanol–water partition coefficient (Wildman–Crippen LogP) is 5.06. The molecular formula is C17H14BrFN2. The van der Waals surface area contributed by atoms with E-state index in [2.05, 4.69) is 26.2 Å². The van der Waals surface area contributed by atoms with E-state index >= 15 is 0 Å². The van der Waals surface area contributed by atoms with Crippen molar-refractivity contribution >= 4 is 32.5 Å². The number of para-hydroxylation sites is 2. The van der Waals surface area contributed by atoms with Crippen molar-refractivity contribution in [2.24, 2.45) is 0 Å². The Hall–Kier alpha value is -1.94. The van der Waals surface area contributed by atoms with Crippen LogP contribution in [0, 0.1) is 12.7 Å². The molecule has 0 saturated heterocycles. The molecule has 0 aliphatic carbocycles. The molecule has 0 atom stereocenters. The van der Waals surface area contributed by atoms with Gasteiger partial charge in [-0.05, 0) is 52.7 Å². The first-order valence-corrected chi connectivity index (χ1v) is 7.47. The molecule has 3 rings (SSSR count). The Bertz CT molecular complexity index is 782. The SMILES string of the molecule is Cc1cc(CNc2c(F)cccc2Br)c2ccccc2n1. The summed E-state index contributed by atoms with van der Waals surface area (Å²) in [6, 6.07) is 15.0. The number of hydrogen-bond acceptors (Lipinski definition) is 2. The topological polar surface area (TPSA) is 24.9 Å². The molecule has 0 aliphatic rings. The average Bonchev–Trinajstić information content (AvgIpc) is 2.46. The number of nitrogens with zero attached hydrogens (tertiary/aromatic N) is 1. The predicted molar refractivity (Wildman–Crippen MR) is 87.9 cm³/mol. The van der Waals surface area contributed by atoms with Gasteiger partial charge in [0.1, 0.15) is 5.82 Å². The smallest absolute Gasteiger partial charge is 0.147 e. The second kappa shape index (κ2) is 5.82. The summed E-state index contributed by atoms with van der Waals surface area (Å²) >= 11 is 3.37. The van der Waals surface area contributed by atoms with E-state index in [-0.39, 0.29) is 5.82 Å². The van der Waals surface area contributed by atoms with Gasteiger partial charge in [0, 0.05) is 22.1 Å². The lowest BCUT2D eigenvalue weighted by molar-refractivity contribution is 0.629. The van der Waals surface area contributed by atoms with Crippen molar-refractivity contribution < 1.29 is 4.39 Å². The molecule has 4 heteroatoms. The molecule has 106 valence electrons. The number of rotatable bonds is 3. The summed E-state index contributed by atoms with van der Waals surface area (Å²) in [5.74, 6) is -0.264. The monoisotopic (exact) mass is 344 g/mol. The van der Waals surface area contributed by atoms with Gasteiger partial charge < -0.3 is 5.32 Å². The third-order valence-corrected chi connectivity index (χ3v) is 4.01. The lowest BCUT2D eigenvalue weighted by Crippen LogP contribution is -2.04. The molecule has 2 aromatic carbocycles. The second-order valence-corrected chi connectivity index (χ2v) is 5.74. The molecular weight excluding hydrogens is 331 g/mol. The maximum absolute atomic E-state index is 13.8. The first-order valence-electron chi connectivity index (χ1n) is 6.68. The Morgan fingerprint density at radius 1 is 1.14 bits per heavy atom. The van der Waals surface area contributed by atoms with E-state index in [0.29, 0.717) is 12.2 Å². The minimum atomic E-state index is -0.264. The fourth-order valence-corrected chi connectivity index (χ4v) is 2.87. The number of anilines is 1. The van der Waals surface area contributed by atoms with Crippen LogP contribution in [-0.4, -0.2) is 4.98 Å². The zero-order valence-corrected chi connectivity index (χ0v) is 13.1. The Labute approximate surface area is 131 Å². The van der Waals surface area contributed by atoms with E-state index in [4.69, 9.17) is 0 Å². The molecule has 0 aliphatic heterocycles. The summed E-state index contributed by atoms with van der Waals surface area (Å²) in [6.07, 6.45) is 0. The summed E-state index contributed by atoms with van der Waals surface area (Å²) in [6.45, 7) is 2.51. The quantitative estimate of drug-likeness (QED) is 0.718. The van der Waals surface area contributed by atoms with Gasteiger partial charge in [-0.15, -0.1) is 0 Å². The molecule has 21 heavy (non-hydrogen) atoms. The number of halogens is 2. The van der Waals surface area contributed by atoms with Crippen molar-refractivity contribution in [1.29, 1.82) is 0 Å². The zero-order valence-electron chi connectivity index (χ0n) is 11.5. The van der Waals surface area contributed by atoms with Gasteiger partial charge in [-0.3, -0.25) is 4.98 Å². The highest BCUT2D eigenvalue weighted by Crippen LogP contribution is 2.26. The molecule has 0 fully saturated rings. The van der Waals surface area contributed by atoms with Crippen LogP contribution in [0.5, 0.6) is 0 Å². The molecule has 2 nitrogen and oxygen atoms in total. The molecule has 1 heterocycles. The molecule has 0 spiro atoms. The fourth-order valence-electron chi connectivity index (χ4n) is 2.39. The van der Waals surface area contributed by atoms with Crippen LogP contribution in [0.3, 0.4) is 0 Å². The standard InChI is InChI=1S/C17H14BrFN2/c1-11-9-12(13-5-2-3-8-16(13)21-11)10-20-17-14(18)6-4-7-15(17)19/h2-9,20H,10H2,1H3. The summed E-state index contributed by atoms with van der Waals surface area (Å²) in [5, 5.41) is 4.25. The van der Waals surface area contributed by atoms with Crippen molar-refractivity contribution in [3.63, 3.8) is 0 Å². The molecule has 1 aromatic heterocycles. The lowest BCUT2D eigenvalue weighted by atomic mass is 10.1. The van der Waals surface area contributed by atoms with Crippen molar-refractivity contribution in [2.75, 3.05) is 5.32 Å². The summed E-state index contributed by atoms with van der Waals surface area (Å²) in [4.78, 5) is 4.52. The third kappa shape index (κ3) is 2.90.